The second kappa shape index (κ2) is 6.49. The molecule has 1 rings (SSSR count). The molecule has 1 aromatic rings. The molecule has 0 saturated heterocycles. The van der Waals surface area contributed by atoms with Crippen LogP contribution in [0.15, 0.2) is 24.3 Å². The summed E-state index contributed by atoms with van der Waals surface area (Å²) in [5, 5.41) is 1.72. The average Bonchev–Trinajstić information content (AvgIpc) is 2.21. The molecule has 0 amide bonds. The van der Waals surface area contributed by atoms with Gasteiger partial charge in [0, 0.05) is 16.2 Å². The molecule has 76 valence electrons. The van der Waals surface area contributed by atoms with Crippen LogP contribution in [0.25, 0.3) is 6.08 Å². The molecule has 0 fully saturated rings. The number of benzene rings is 1. The summed E-state index contributed by atoms with van der Waals surface area (Å²) >= 11 is 15.1. The zero-order valence-electron chi connectivity index (χ0n) is 7.64. The van der Waals surface area contributed by atoms with E-state index in [1.165, 1.54) is 0 Å². The Morgan fingerprint density at radius 3 is 2.79 bits per heavy atom. The van der Waals surface area contributed by atoms with Crippen molar-refractivity contribution < 1.29 is 0 Å². The number of hydrogen-bond donors (Lipinski definition) is 0. The van der Waals surface area contributed by atoms with Gasteiger partial charge in [-0.1, -0.05) is 45.7 Å². The highest BCUT2D eigenvalue weighted by atomic mass is 79.9. The molecule has 0 heterocycles. The minimum atomic E-state index is 0.457. The molecular weight excluding hydrogens is 283 g/mol. The van der Waals surface area contributed by atoms with Crippen LogP contribution in [0.3, 0.4) is 0 Å². The first-order valence-electron chi connectivity index (χ1n) is 4.35. The van der Waals surface area contributed by atoms with Gasteiger partial charge in [-0.05, 0) is 29.7 Å². The van der Waals surface area contributed by atoms with Gasteiger partial charge in [0.05, 0.1) is 0 Å². The number of alkyl halides is 2. The lowest BCUT2D eigenvalue weighted by Gasteiger charge is -2.01. The van der Waals surface area contributed by atoms with Gasteiger partial charge in [-0.25, -0.2) is 0 Å². The summed E-state index contributed by atoms with van der Waals surface area (Å²) in [5.74, 6) is 0.457. The van der Waals surface area contributed by atoms with E-state index in [0.717, 1.165) is 27.9 Å². The maximum Gasteiger partial charge on any atom is 0.0489 e. The smallest absolute Gasteiger partial charge is 0.0489 e. The lowest BCUT2D eigenvalue weighted by molar-refractivity contribution is 1.27. The Hall–Kier alpha value is 0.0200. The van der Waals surface area contributed by atoms with E-state index < -0.39 is 0 Å². The van der Waals surface area contributed by atoms with Gasteiger partial charge in [0.25, 0.3) is 0 Å². The quantitative estimate of drug-likeness (QED) is 0.694. The molecule has 0 aromatic heterocycles. The van der Waals surface area contributed by atoms with E-state index in [1.54, 1.807) is 0 Å². The highest BCUT2D eigenvalue weighted by Gasteiger charge is 1.98. The number of rotatable bonds is 4. The Morgan fingerprint density at radius 1 is 1.36 bits per heavy atom. The summed E-state index contributed by atoms with van der Waals surface area (Å²) in [4.78, 5) is 0. The molecule has 0 aliphatic heterocycles. The van der Waals surface area contributed by atoms with Gasteiger partial charge >= 0.3 is 0 Å². The van der Waals surface area contributed by atoms with Crippen molar-refractivity contribution in [1.29, 1.82) is 0 Å². The molecule has 0 saturated carbocycles. The van der Waals surface area contributed by atoms with Crippen LogP contribution < -0.4 is 0 Å². The standard InChI is InChI=1S/C11H11BrCl2/c12-6-2-1-3-9-4-5-11(14)10(7-9)8-13/h1,3-5,7H,2,6,8H2. The van der Waals surface area contributed by atoms with Crippen LogP contribution in [0.4, 0.5) is 0 Å². The highest BCUT2D eigenvalue weighted by molar-refractivity contribution is 9.09. The number of allylic oxidation sites excluding steroid dienone is 1. The summed E-state index contributed by atoms with van der Waals surface area (Å²) in [6.45, 7) is 0. The molecule has 0 nitrogen and oxygen atoms in total. The first-order chi connectivity index (χ1) is 6.77. The minimum absolute atomic E-state index is 0.457. The second-order valence-electron chi connectivity index (χ2n) is 2.86. The van der Waals surface area contributed by atoms with E-state index in [4.69, 9.17) is 23.2 Å². The van der Waals surface area contributed by atoms with E-state index in [1.807, 2.05) is 18.2 Å². The van der Waals surface area contributed by atoms with E-state index in [2.05, 4.69) is 28.1 Å². The van der Waals surface area contributed by atoms with E-state index in [0.29, 0.717) is 5.88 Å². The van der Waals surface area contributed by atoms with Crippen molar-refractivity contribution in [3.63, 3.8) is 0 Å². The summed E-state index contributed by atoms with van der Waals surface area (Å²) in [6.07, 6.45) is 5.22. The topological polar surface area (TPSA) is 0 Å². The normalized spacial score (nSPS) is 11.1. The second-order valence-corrected chi connectivity index (χ2v) is 4.33. The van der Waals surface area contributed by atoms with Crippen LogP contribution in [0.1, 0.15) is 17.5 Å². The minimum Gasteiger partial charge on any atom is -0.121 e. The molecule has 0 aliphatic rings. The molecule has 0 atom stereocenters. The molecule has 0 aliphatic carbocycles. The molecule has 0 radical (unpaired) electrons. The summed E-state index contributed by atoms with van der Waals surface area (Å²) in [5.41, 5.74) is 2.13. The van der Waals surface area contributed by atoms with Gasteiger partial charge in [-0.2, -0.15) is 0 Å². The van der Waals surface area contributed by atoms with Crippen molar-refractivity contribution in [2.24, 2.45) is 0 Å². The monoisotopic (exact) mass is 292 g/mol. The first kappa shape index (κ1) is 12.1. The third kappa shape index (κ3) is 3.64. The predicted octanol–water partition coefficient (Wildman–Crippen LogP) is 4.88. The van der Waals surface area contributed by atoms with Crippen molar-refractivity contribution in [3.05, 3.63) is 40.4 Å². The maximum absolute atomic E-state index is 5.94. The number of halogens is 3. The van der Waals surface area contributed by atoms with Gasteiger partial charge in [0.2, 0.25) is 0 Å². The average molecular weight is 294 g/mol. The van der Waals surface area contributed by atoms with Crippen molar-refractivity contribution in [2.75, 3.05) is 5.33 Å². The fourth-order valence-corrected chi connectivity index (χ4v) is 1.82. The highest BCUT2D eigenvalue weighted by Crippen LogP contribution is 2.20. The Kier molecular flexibility index (Phi) is 5.61. The predicted molar refractivity (Wildman–Crippen MR) is 68.5 cm³/mol. The van der Waals surface area contributed by atoms with E-state index in [9.17, 15) is 0 Å². The molecule has 0 N–H and O–H groups in total. The van der Waals surface area contributed by atoms with Crippen molar-refractivity contribution in [2.45, 2.75) is 12.3 Å². The molecular formula is C11H11BrCl2. The van der Waals surface area contributed by atoms with Gasteiger partial charge < -0.3 is 0 Å². The fourth-order valence-electron chi connectivity index (χ4n) is 1.08. The molecule has 0 bridgehead atoms. The molecule has 1 aromatic carbocycles. The first-order valence-corrected chi connectivity index (χ1v) is 6.38. The maximum atomic E-state index is 5.94. The van der Waals surface area contributed by atoms with Crippen LogP contribution in [0, 0.1) is 0 Å². The Labute approximate surface area is 103 Å². The van der Waals surface area contributed by atoms with Gasteiger partial charge in [-0.15, -0.1) is 11.6 Å². The van der Waals surface area contributed by atoms with Crippen LogP contribution >= 0.6 is 39.1 Å². The van der Waals surface area contributed by atoms with E-state index in [-0.39, 0.29) is 0 Å². The molecule has 3 heteroatoms. The SMILES string of the molecule is ClCc1cc(C=CCCBr)ccc1Cl. The molecule has 0 spiro atoms. The van der Waals surface area contributed by atoms with Crippen molar-refractivity contribution >= 4 is 45.2 Å². The number of hydrogen-bond acceptors (Lipinski definition) is 0. The fraction of sp³-hybridized carbons (Fsp3) is 0.273. The van der Waals surface area contributed by atoms with Gasteiger partial charge in [0.1, 0.15) is 0 Å². The summed E-state index contributed by atoms with van der Waals surface area (Å²) in [6, 6.07) is 5.89. The molecule has 0 unspecified atom stereocenters. The van der Waals surface area contributed by atoms with Crippen LogP contribution in [-0.4, -0.2) is 5.33 Å². The van der Waals surface area contributed by atoms with Crippen LogP contribution in [-0.2, 0) is 5.88 Å². The van der Waals surface area contributed by atoms with Crippen molar-refractivity contribution in [3.8, 4) is 0 Å². The zero-order chi connectivity index (χ0) is 10.4. The zero-order valence-corrected chi connectivity index (χ0v) is 10.7. The Bertz CT molecular complexity index is 321. The Morgan fingerprint density at radius 2 is 2.14 bits per heavy atom. The lowest BCUT2D eigenvalue weighted by atomic mass is 10.1. The van der Waals surface area contributed by atoms with E-state index >= 15 is 0 Å². The lowest BCUT2D eigenvalue weighted by Crippen LogP contribution is -1.81. The van der Waals surface area contributed by atoms with Gasteiger partial charge in [-0.3, -0.25) is 0 Å². The largest absolute Gasteiger partial charge is 0.121 e. The third-order valence-corrected chi connectivity index (χ3v) is 2.91. The summed E-state index contributed by atoms with van der Waals surface area (Å²) in [7, 11) is 0. The van der Waals surface area contributed by atoms with Crippen LogP contribution in [0.2, 0.25) is 5.02 Å². The van der Waals surface area contributed by atoms with Crippen molar-refractivity contribution in [1.82, 2.24) is 0 Å². The molecule has 14 heavy (non-hydrogen) atoms. The van der Waals surface area contributed by atoms with Gasteiger partial charge in [0.15, 0.2) is 0 Å². The summed E-state index contributed by atoms with van der Waals surface area (Å²) < 4.78 is 0. The Balaban J connectivity index is 2.79. The van der Waals surface area contributed by atoms with Crippen LogP contribution in [0.5, 0.6) is 0 Å². The third-order valence-electron chi connectivity index (χ3n) is 1.80.